The van der Waals surface area contributed by atoms with Gasteiger partial charge in [0, 0.05) is 6.42 Å². The Bertz CT molecular complexity index is 466. The maximum atomic E-state index is 12.0. The van der Waals surface area contributed by atoms with E-state index in [-0.39, 0.29) is 18.2 Å². The lowest BCUT2D eigenvalue weighted by Crippen LogP contribution is -2.29. The van der Waals surface area contributed by atoms with Gasteiger partial charge in [-0.25, -0.2) is 0 Å². The van der Waals surface area contributed by atoms with Gasteiger partial charge < -0.3 is 10.1 Å². The molecule has 0 radical (unpaired) electrons. The first kappa shape index (κ1) is 14.2. The fraction of sp³-hybridized carbons (Fsp3) is 0.429. The van der Waals surface area contributed by atoms with Crippen molar-refractivity contribution in [1.82, 2.24) is 5.32 Å². The summed E-state index contributed by atoms with van der Waals surface area (Å²) in [5.74, 6) is 0.275. The fourth-order valence-corrected chi connectivity index (χ4v) is 1.58. The number of nitrogens with one attached hydrogen (secondary N) is 1. The van der Waals surface area contributed by atoms with Crippen LogP contribution in [-0.2, 0) is 4.79 Å². The fourth-order valence-electron chi connectivity index (χ4n) is 1.58. The van der Waals surface area contributed by atoms with Crippen LogP contribution in [0, 0.1) is 13.8 Å². The Morgan fingerprint density at radius 3 is 2.39 bits per heavy atom. The molecule has 0 aromatic heterocycles. The van der Waals surface area contributed by atoms with Gasteiger partial charge in [0.15, 0.2) is 5.78 Å². The molecular formula is C14H19NO3. The summed E-state index contributed by atoms with van der Waals surface area (Å²) < 4.78 is 5.20. The lowest BCUT2D eigenvalue weighted by Gasteiger charge is -2.11. The van der Waals surface area contributed by atoms with Crippen molar-refractivity contribution in [2.75, 3.05) is 13.7 Å². The van der Waals surface area contributed by atoms with Crippen molar-refractivity contribution >= 4 is 11.7 Å². The van der Waals surface area contributed by atoms with E-state index in [0.29, 0.717) is 17.7 Å². The second-order valence-corrected chi connectivity index (χ2v) is 4.19. The lowest BCUT2D eigenvalue weighted by atomic mass is 10.0. The lowest BCUT2D eigenvalue weighted by molar-refractivity contribution is -0.120. The molecule has 0 atom stereocenters. The van der Waals surface area contributed by atoms with Crippen LogP contribution in [0.3, 0.4) is 0 Å². The van der Waals surface area contributed by atoms with Gasteiger partial charge in [-0.05, 0) is 37.1 Å². The van der Waals surface area contributed by atoms with Gasteiger partial charge in [-0.15, -0.1) is 0 Å². The third-order valence-corrected chi connectivity index (χ3v) is 2.88. The molecule has 0 unspecified atom stereocenters. The Morgan fingerprint density at radius 2 is 1.83 bits per heavy atom. The van der Waals surface area contributed by atoms with Gasteiger partial charge in [0.2, 0.25) is 5.91 Å². The number of methoxy groups -OCH3 is 1. The van der Waals surface area contributed by atoms with E-state index in [2.05, 4.69) is 5.32 Å². The third kappa shape index (κ3) is 3.32. The molecule has 0 aliphatic heterocycles. The maximum absolute atomic E-state index is 12.0. The molecule has 1 amide bonds. The first-order valence-electron chi connectivity index (χ1n) is 5.94. The van der Waals surface area contributed by atoms with Crippen molar-refractivity contribution in [1.29, 1.82) is 0 Å². The number of hydrogen-bond donors (Lipinski definition) is 1. The van der Waals surface area contributed by atoms with Crippen LogP contribution < -0.4 is 10.1 Å². The molecule has 0 fully saturated rings. The summed E-state index contributed by atoms with van der Waals surface area (Å²) in [5.41, 5.74) is 2.61. The minimum Gasteiger partial charge on any atom is -0.496 e. The van der Waals surface area contributed by atoms with Crippen molar-refractivity contribution in [2.45, 2.75) is 27.2 Å². The normalized spacial score (nSPS) is 10.0. The Kier molecular flexibility index (Phi) is 4.89. The van der Waals surface area contributed by atoms with Crippen LogP contribution in [0.4, 0.5) is 0 Å². The summed E-state index contributed by atoms with van der Waals surface area (Å²) in [6, 6.07) is 3.64. The van der Waals surface area contributed by atoms with Gasteiger partial charge in [0.05, 0.1) is 19.2 Å². The molecule has 0 aliphatic rings. The highest BCUT2D eigenvalue weighted by molar-refractivity contribution is 6.01. The zero-order valence-corrected chi connectivity index (χ0v) is 11.3. The van der Waals surface area contributed by atoms with Gasteiger partial charge in [0.1, 0.15) is 5.75 Å². The third-order valence-electron chi connectivity index (χ3n) is 2.88. The maximum Gasteiger partial charge on any atom is 0.220 e. The standard InChI is InChI=1S/C14H19NO3/c1-5-14(17)15-8-12(16)11-6-9(2)10(3)7-13(11)18-4/h6-7H,5,8H2,1-4H3,(H,15,17). The van der Waals surface area contributed by atoms with E-state index in [9.17, 15) is 9.59 Å². The van der Waals surface area contributed by atoms with Crippen LogP contribution in [-0.4, -0.2) is 25.3 Å². The monoisotopic (exact) mass is 249 g/mol. The highest BCUT2D eigenvalue weighted by Gasteiger charge is 2.14. The highest BCUT2D eigenvalue weighted by atomic mass is 16.5. The molecule has 0 saturated heterocycles. The zero-order chi connectivity index (χ0) is 13.7. The average Bonchev–Trinajstić information content (AvgIpc) is 2.37. The van der Waals surface area contributed by atoms with Crippen molar-refractivity contribution in [2.24, 2.45) is 0 Å². The molecule has 1 aromatic rings. The van der Waals surface area contributed by atoms with Crippen LogP contribution in [0.15, 0.2) is 12.1 Å². The molecule has 0 aliphatic carbocycles. The predicted molar refractivity (Wildman–Crippen MR) is 70.1 cm³/mol. The number of rotatable bonds is 5. The molecule has 4 heteroatoms. The summed E-state index contributed by atoms with van der Waals surface area (Å²) >= 11 is 0. The molecule has 1 N–H and O–H groups in total. The minimum absolute atomic E-state index is 0.00549. The number of amides is 1. The summed E-state index contributed by atoms with van der Waals surface area (Å²) in [7, 11) is 1.53. The van der Waals surface area contributed by atoms with Crippen molar-refractivity contribution in [3.8, 4) is 5.75 Å². The van der Waals surface area contributed by atoms with Crippen molar-refractivity contribution < 1.29 is 14.3 Å². The quantitative estimate of drug-likeness (QED) is 0.812. The van der Waals surface area contributed by atoms with Gasteiger partial charge in [-0.1, -0.05) is 6.92 Å². The molecule has 0 saturated carbocycles. The number of carbonyl (C=O) groups is 2. The second-order valence-electron chi connectivity index (χ2n) is 4.19. The molecule has 0 spiro atoms. The number of carbonyl (C=O) groups excluding carboxylic acids is 2. The molecule has 18 heavy (non-hydrogen) atoms. The number of aryl methyl sites for hydroxylation is 2. The minimum atomic E-state index is -0.142. The zero-order valence-electron chi connectivity index (χ0n) is 11.3. The van der Waals surface area contributed by atoms with Gasteiger partial charge in [0.25, 0.3) is 0 Å². The van der Waals surface area contributed by atoms with E-state index in [1.54, 1.807) is 13.0 Å². The molecule has 1 rings (SSSR count). The average molecular weight is 249 g/mol. The molecule has 0 heterocycles. The second kappa shape index (κ2) is 6.19. The topological polar surface area (TPSA) is 55.4 Å². The van der Waals surface area contributed by atoms with Crippen LogP contribution in [0.5, 0.6) is 5.75 Å². The van der Waals surface area contributed by atoms with E-state index in [1.807, 2.05) is 19.9 Å². The Morgan fingerprint density at radius 1 is 1.22 bits per heavy atom. The van der Waals surface area contributed by atoms with E-state index in [4.69, 9.17) is 4.74 Å². The Labute approximate surface area is 107 Å². The summed E-state index contributed by atoms with van der Waals surface area (Å²) in [6.45, 7) is 5.66. The first-order chi connectivity index (χ1) is 8.49. The number of Topliss-reactive ketones (excluding diaryl/α,β-unsaturated/α-hetero) is 1. The van der Waals surface area contributed by atoms with E-state index in [1.165, 1.54) is 7.11 Å². The van der Waals surface area contributed by atoms with Gasteiger partial charge in [-0.2, -0.15) is 0 Å². The molecule has 4 nitrogen and oxygen atoms in total. The highest BCUT2D eigenvalue weighted by Crippen LogP contribution is 2.23. The molecule has 98 valence electrons. The van der Waals surface area contributed by atoms with Gasteiger partial charge in [-0.3, -0.25) is 9.59 Å². The summed E-state index contributed by atoms with van der Waals surface area (Å²) in [4.78, 5) is 23.1. The van der Waals surface area contributed by atoms with E-state index in [0.717, 1.165) is 11.1 Å². The van der Waals surface area contributed by atoms with Crippen LogP contribution in [0.25, 0.3) is 0 Å². The first-order valence-corrected chi connectivity index (χ1v) is 5.94. The van der Waals surface area contributed by atoms with Gasteiger partial charge >= 0.3 is 0 Å². The number of hydrogen-bond acceptors (Lipinski definition) is 3. The number of ether oxygens (including phenoxy) is 1. The van der Waals surface area contributed by atoms with Crippen LogP contribution in [0.2, 0.25) is 0 Å². The van der Waals surface area contributed by atoms with Crippen molar-refractivity contribution in [3.63, 3.8) is 0 Å². The molecule has 0 bridgehead atoms. The Balaban J connectivity index is 2.91. The predicted octanol–water partition coefficient (Wildman–Crippen LogP) is 2.02. The van der Waals surface area contributed by atoms with E-state index >= 15 is 0 Å². The largest absolute Gasteiger partial charge is 0.496 e. The SMILES string of the molecule is CCC(=O)NCC(=O)c1cc(C)c(C)cc1OC. The van der Waals surface area contributed by atoms with Crippen molar-refractivity contribution in [3.05, 3.63) is 28.8 Å². The van der Waals surface area contributed by atoms with Crippen LogP contribution in [0.1, 0.15) is 34.8 Å². The summed E-state index contributed by atoms with van der Waals surface area (Å²) in [6.07, 6.45) is 0.372. The Hall–Kier alpha value is -1.84. The smallest absolute Gasteiger partial charge is 0.220 e. The molecule has 1 aromatic carbocycles. The number of benzene rings is 1. The molecular weight excluding hydrogens is 230 g/mol. The summed E-state index contributed by atoms with van der Waals surface area (Å²) in [5, 5.41) is 2.57. The van der Waals surface area contributed by atoms with Crippen LogP contribution >= 0.6 is 0 Å². The van der Waals surface area contributed by atoms with E-state index < -0.39 is 0 Å². The number of ketones is 1.